The number of hydrogen-bond acceptors (Lipinski definition) is 3. The Labute approximate surface area is 82.4 Å². The quantitative estimate of drug-likeness (QED) is 0.755. The predicted molar refractivity (Wildman–Crippen MR) is 56.1 cm³/mol. The van der Waals surface area contributed by atoms with Gasteiger partial charge in [-0.15, -0.1) is 0 Å². The van der Waals surface area contributed by atoms with E-state index in [4.69, 9.17) is 0 Å². The maximum Gasteiger partial charge on any atom is 0.200 e. The van der Waals surface area contributed by atoms with Gasteiger partial charge in [-0.05, 0) is 19.1 Å². The van der Waals surface area contributed by atoms with Crippen LogP contribution >= 0.6 is 0 Å². The zero-order valence-electron chi connectivity index (χ0n) is 8.20. The standard InChI is InChI=1S/C10H12N4/c1-7-4-3-5-8(13-7)9-6-12-10(11-2)14-9/h3-6H,1-2H3,(H2,11,12,14). The van der Waals surface area contributed by atoms with Crippen molar-refractivity contribution in [3.63, 3.8) is 0 Å². The topological polar surface area (TPSA) is 53.6 Å². The van der Waals surface area contributed by atoms with Gasteiger partial charge in [0.2, 0.25) is 5.95 Å². The molecule has 0 aliphatic rings. The van der Waals surface area contributed by atoms with Crippen LogP contribution in [0.2, 0.25) is 0 Å². The molecule has 0 bridgehead atoms. The van der Waals surface area contributed by atoms with E-state index >= 15 is 0 Å². The van der Waals surface area contributed by atoms with E-state index in [0.29, 0.717) is 0 Å². The summed E-state index contributed by atoms with van der Waals surface area (Å²) in [4.78, 5) is 11.7. The molecule has 0 unspecified atom stereocenters. The van der Waals surface area contributed by atoms with Crippen LogP contribution in [-0.2, 0) is 0 Å². The summed E-state index contributed by atoms with van der Waals surface area (Å²) < 4.78 is 0. The SMILES string of the molecule is CNc1nc(-c2cccc(C)n2)c[nH]1. The van der Waals surface area contributed by atoms with Crippen molar-refractivity contribution in [2.24, 2.45) is 0 Å². The maximum atomic E-state index is 4.38. The van der Waals surface area contributed by atoms with Crippen LogP contribution in [0.15, 0.2) is 24.4 Å². The van der Waals surface area contributed by atoms with Gasteiger partial charge >= 0.3 is 0 Å². The van der Waals surface area contributed by atoms with Gasteiger partial charge in [0.15, 0.2) is 0 Å². The molecule has 0 spiro atoms. The molecular weight excluding hydrogens is 176 g/mol. The summed E-state index contributed by atoms with van der Waals surface area (Å²) in [7, 11) is 1.83. The Morgan fingerprint density at radius 3 is 2.71 bits per heavy atom. The molecule has 2 rings (SSSR count). The normalized spacial score (nSPS) is 10.1. The molecule has 2 aromatic rings. The molecule has 0 aliphatic carbocycles. The maximum absolute atomic E-state index is 4.38. The van der Waals surface area contributed by atoms with Gasteiger partial charge < -0.3 is 10.3 Å². The Bertz CT molecular complexity index is 433. The Balaban J connectivity index is 2.39. The highest BCUT2D eigenvalue weighted by atomic mass is 15.1. The van der Waals surface area contributed by atoms with Gasteiger partial charge in [0, 0.05) is 18.9 Å². The van der Waals surface area contributed by atoms with Crippen LogP contribution in [-0.4, -0.2) is 22.0 Å². The van der Waals surface area contributed by atoms with Crippen LogP contribution in [0.5, 0.6) is 0 Å². The van der Waals surface area contributed by atoms with Crippen LogP contribution in [0, 0.1) is 6.92 Å². The zero-order chi connectivity index (χ0) is 9.97. The second-order valence-corrected chi connectivity index (χ2v) is 3.05. The summed E-state index contributed by atoms with van der Waals surface area (Å²) in [5.74, 6) is 0.753. The number of anilines is 1. The number of hydrogen-bond donors (Lipinski definition) is 2. The Morgan fingerprint density at radius 2 is 2.07 bits per heavy atom. The Morgan fingerprint density at radius 1 is 1.21 bits per heavy atom. The minimum Gasteiger partial charge on any atom is -0.359 e. The fourth-order valence-electron chi connectivity index (χ4n) is 1.27. The number of pyridine rings is 1. The van der Waals surface area contributed by atoms with Crippen LogP contribution < -0.4 is 5.32 Å². The lowest BCUT2D eigenvalue weighted by atomic mass is 10.2. The van der Waals surface area contributed by atoms with Crippen LogP contribution in [0.1, 0.15) is 5.69 Å². The number of H-pyrrole nitrogens is 1. The fourth-order valence-corrected chi connectivity index (χ4v) is 1.27. The van der Waals surface area contributed by atoms with E-state index in [1.165, 1.54) is 0 Å². The van der Waals surface area contributed by atoms with Crippen LogP contribution in [0.4, 0.5) is 5.95 Å². The number of nitrogens with zero attached hydrogens (tertiary/aromatic N) is 2. The molecule has 0 fully saturated rings. The lowest BCUT2D eigenvalue weighted by Gasteiger charge is -1.96. The smallest absolute Gasteiger partial charge is 0.200 e. The van der Waals surface area contributed by atoms with Crippen molar-refractivity contribution in [3.05, 3.63) is 30.1 Å². The number of nitrogens with one attached hydrogen (secondary N) is 2. The van der Waals surface area contributed by atoms with E-state index in [1.807, 2.05) is 38.4 Å². The van der Waals surface area contributed by atoms with Crippen molar-refractivity contribution in [2.45, 2.75) is 6.92 Å². The highest BCUT2D eigenvalue weighted by Gasteiger charge is 2.03. The second-order valence-electron chi connectivity index (χ2n) is 3.05. The number of imidazole rings is 1. The zero-order valence-corrected chi connectivity index (χ0v) is 8.20. The van der Waals surface area contributed by atoms with Crippen LogP contribution in [0.3, 0.4) is 0 Å². The summed E-state index contributed by atoms with van der Waals surface area (Å²) in [5, 5.41) is 2.94. The van der Waals surface area contributed by atoms with Crippen molar-refractivity contribution in [2.75, 3.05) is 12.4 Å². The summed E-state index contributed by atoms with van der Waals surface area (Å²) in [5.41, 5.74) is 2.75. The van der Waals surface area contributed by atoms with Crippen molar-refractivity contribution >= 4 is 5.95 Å². The van der Waals surface area contributed by atoms with E-state index in [1.54, 1.807) is 0 Å². The summed E-state index contributed by atoms with van der Waals surface area (Å²) >= 11 is 0. The van der Waals surface area contributed by atoms with E-state index in [0.717, 1.165) is 23.0 Å². The van der Waals surface area contributed by atoms with Gasteiger partial charge in [0.25, 0.3) is 0 Å². The first-order chi connectivity index (χ1) is 6.79. The third kappa shape index (κ3) is 1.59. The number of aromatic amines is 1. The number of rotatable bonds is 2. The van der Waals surface area contributed by atoms with Gasteiger partial charge in [-0.25, -0.2) is 4.98 Å². The lowest BCUT2D eigenvalue weighted by molar-refractivity contribution is 1.19. The molecule has 14 heavy (non-hydrogen) atoms. The van der Waals surface area contributed by atoms with Crippen molar-refractivity contribution < 1.29 is 0 Å². The third-order valence-electron chi connectivity index (χ3n) is 1.97. The van der Waals surface area contributed by atoms with Crippen molar-refractivity contribution in [1.82, 2.24) is 15.0 Å². The van der Waals surface area contributed by atoms with Crippen molar-refractivity contribution in [1.29, 1.82) is 0 Å². The summed E-state index contributed by atoms with van der Waals surface area (Å²) in [6.45, 7) is 1.97. The molecule has 0 atom stereocenters. The molecule has 0 saturated carbocycles. The molecule has 0 amide bonds. The first kappa shape index (κ1) is 8.74. The van der Waals surface area contributed by atoms with E-state index in [-0.39, 0.29) is 0 Å². The molecule has 2 heterocycles. The van der Waals surface area contributed by atoms with Gasteiger partial charge in [-0.3, -0.25) is 4.98 Å². The molecule has 0 aliphatic heterocycles. The van der Waals surface area contributed by atoms with Crippen LogP contribution in [0.25, 0.3) is 11.4 Å². The molecule has 4 heteroatoms. The molecule has 72 valence electrons. The number of aromatic nitrogens is 3. The van der Waals surface area contributed by atoms with Crippen molar-refractivity contribution in [3.8, 4) is 11.4 Å². The van der Waals surface area contributed by atoms with E-state index in [2.05, 4.69) is 20.3 Å². The van der Waals surface area contributed by atoms with E-state index in [9.17, 15) is 0 Å². The minimum atomic E-state index is 0.753. The van der Waals surface area contributed by atoms with Gasteiger partial charge in [-0.1, -0.05) is 6.07 Å². The highest BCUT2D eigenvalue weighted by molar-refractivity contribution is 5.55. The monoisotopic (exact) mass is 188 g/mol. The Kier molecular flexibility index (Phi) is 2.18. The van der Waals surface area contributed by atoms with Gasteiger partial charge in [0.1, 0.15) is 5.69 Å². The fraction of sp³-hybridized carbons (Fsp3) is 0.200. The Hall–Kier alpha value is -1.84. The molecule has 0 aromatic carbocycles. The largest absolute Gasteiger partial charge is 0.359 e. The van der Waals surface area contributed by atoms with E-state index < -0.39 is 0 Å². The average molecular weight is 188 g/mol. The summed E-state index contributed by atoms with van der Waals surface area (Å²) in [6, 6.07) is 5.89. The van der Waals surface area contributed by atoms with Gasteiger partial charge in [0.05, 0.1) is 5.69 Å². The molecule has 2 N–H and O–H groups in total. The first-order valence-electron chi connectivity index (χ1n) is 4.47. The lowest BCUT2D eigenvalue weighted by Crippen LogP contribution is -1.90. The summed E-state index contributed by atoms with van der Waals surface area (Å²) in [6.07, 6.45) is 1.84. The van der Waals surface area contributed by atoms with Gasteiger partial charge in [-0.2, -0.15) is 0 Å². The number of aryl methyl sites for hydroxylation is 1. The molecular formula is C10H12N4. The predicted octanol–water partition coefficient (Wildman–Crippen LogP) is 1.82. The second kappa shape index (κ2) is 3.49. The third-order valence-corrected chi connectivity index (χ3v) is 1.97. The average Bonchev–Trinajstić information content (AvgIpc) is 2.66. The molecule has 4 nitrogen and oxygen atoms in total. The molecule has 0 radical (unpaired) electrons. The minimum absolute atomic E-state index is 0.753. The highest BCUT2D eigenvalue weighted by Crippen LogP contribution is 2.15. The molecule has 0 saturated heterocycles. The molecule has 2 aromatic heterocycles. The first-order valence-corrected chi connectivity index (χ1v) is 4.47.